The minimum atomic E-state index is 0.188. The molecule has 0 unspecified atom stereocenters. The van der Waals surface area contributed by atoms with E-state index in [2.05, 4.69) is 4.98 Å². The molecule has 1 amide bonds. The van der Waals surface area contributed by atoms with E-state index >= 15 is 0 Å². The lowest BCUT2D eigenvalue weighted by Gasteiger charge is -2.26. The summed E-state index contributed by atoms with van der Waals surface area (Å²) >= 11 is 0. The Morgan fingerprint density at radius 3 is 2.54 bits per heavy atom. The van der Waals surface area contributed by atoms with Crippen LogP contribution in [0.4, 0.5) is 0 Å². The number of likely N-dealkylation sites (N-methyl/N-ethyl adjacent to an activating group) is 1. The standard InChI is InChI=1S/C21H27N3O2/c1-3-26-20-10-6-17(7-11-20)15-24(19-8-9-19)21(25)16-23(2)14-18-5-4-12-22-13-18/h4-7,10-13,19H,3,8-9,14-16H2,1-2H3. The molecule has 1 aromatic carbocycles. The third-order valence-corrected chi connectivity index (χ3v) is 4.48. The summed E-state index contributed by atoms with van der Waals surface area (Å²) in [5.41, 5.74) is 2.26. The summed E-state index contributed by atoms with van der Waals surface area (Å²) in [6.45, 7) is 4.44. The predicted molar refractivity (Wildman–Crippen MR) is 102 cm³/mol. The molecule has 0 saturated heterocycles. The second-order valence-corrected chi connectivity index (χ2v) is 6.86. The quantitative estimate of drug-likeness (QED) is 0.695. The van der Waals surface area contributed by atoms with E-state index in [-0.39, 0.29) is 5.91 Å². The van der Waals surface area contributed by atoms with Crippen molar-refractivity contribution in [1.82, 2.24) is 14.8 Å². The van der Waals surface area contributed by atoms with Crippen LogP contribution in [0, 0.1) is 0 Å². The Balaban J connectivity index is 1.57. The van der Waals surface area contributed by atoms with Gasteiger partial charge in [0.05, 0.1) is 13.2 Å². The molecule has 0 atom stereocenters. The van der Waals surface area contributed by atoms with Crippen LogP contribution in [0.3, 0.4) is 0 Å². The lowest BCUT2D eigenvalue weighted by molar-refractivity contribution is -0.133. The molecule has 1 aromatic heterocycles. The van der Waals surface area contributed by atoms with Crippen molar-refractivity contribution in [2.45, 2.75) is 38.9 Å². The van der Waals surface area contributed by atoms with Gasteiger partial charge in [-0.15, -0.1) is 0 Å². The van der Waals surface area contributed by atoms with Crippen LogP contribution in [0.2, 0.25) is 0 Å². The van der Waals surface area contributed by atoms with Gasteiger partial charge in [-0.1, -0.05) is 18.2 Å². The van der Waals surface area contributed by atoms with Gasteiger partial charge in [0.25, 0.3) is 0 Å². The first-order chi connectivity index (χ1) is 12.7. The first-order valence-electron chi connectivity index (χ1n) is 9.24. The van der Waals surface area contributed by atoms with Crippen LogP contribution in [0.25, 0.3) is 0 Å². The van der Waals surface area contributed by atoms with Gasteiger partial charge in [0, 0.05) is 31.5 Å². The van der Waals surface area contributed by atoms with Crippen molar-refractivity contribution in [2.75, 3.05) is 20.2 Å². The van der Waals surface area contributed by atoms with E-state index in [1.165, 1.54) is 0 Å². The fourth-order valence-corrected chi connectivity index (χ4v) is 3.04. The van der Waals surface area contributed by atoms with Crippen LogP contribution in [-0.4, -0.2) is 46.9 Å². The summed E-state index contributed by atoms with van der Waals surface area (Å²) in [7, 11) is 1.98. The topological polar surface area (TPSA) is 45.7 Å². The van der Waals surface area contributed by atoms with Gasteiger partial charge in [-0.2, -0.15) is 0 Å². The van der Waals surface area contributed by atoms with Gasteiger partial charge in [-0.3, -0.25) is 14.7 Å². The Morgan fingerprint density at radius 1 is 1.15 bits per heavy atom. The number of benzene rings is 1. The summed E-state index contributed by atoms with van der Waals surface area (Å²) in [5, 5.41) is 0. The van der Waals surface area contributed by atoms with E-state index in [9.17, 15) is 4.79 Å². The third kappa shape index (κ3) is 5.30. The van der Waals surface area contributed by atoms with Crippen molar-refractivity contribution in [2.24, 2.45) is 0 Å². The molecule has 2 aromatic rings. The number of hydrogen-bond donors (Lipinski definition) is 0. The average molecular weight is 353 g/mol. The summed E-state index contributed by atoms with van der Waals surface area (Å²) in [6, 6.07) is 12.4. The highest BCUT2D eigenvalue weighted by atomic mass is 16.5. The summed E-state index contributed by atoms with van der Waals surface area (Å²) in [4.78, 5) is 21.0. The predicted octanol–water partition coefficient (Wildman–Crippen LogP) is 3.10. The molecular formula is C21H27N3O2. The Bertz CT molecular complexity index is 699. The molecule has 0 radical (unpaired) electrons. The molecule has 0 bridgehead atoms. The number of ether oxygens (including phenoxy) is 1. The molecule has 0 spiro atoms. The highest BCUT2D eigenvalue weighted by Crippen LogP contribution is 2.29. The molecule has 1 saturated carbocycles. The summed E-state index contributed by atoms with van der Waals surface area (Å²) in [5.74, 6) is 1.06. The van der Waals surface area contributed by atoms with Crippen molar-refractivity contribution in [3.8, 4) is 5.75 Å². The first-order valence-corrected chi connectivity index (χ1v) is 9.24. The normalized spacial score (nSPS) is 13.7. The number of carbonyl (C=O) groups excluding carboxylic acids is 1. The molecule has 0 N–H and O–H groups in total. The van der Waals surface area contributed by atoms with E-state index in [0.717, 1.165) is 36.3 Å². The molecule has 5 nitrogen and oxygen atoms in total. The number of amides is 1. The maximum Gasteiger partial charge on any atom is 0.237 e. The van der Waals surface area contributed by atoms with Gasteiger partial charge in [0.2, 0.25) is 5.91 Å². The number of pyridine rings is 1. The largest absolute Gasteiger partial charge is 0.494 e. The lowest BCUT2D eigenvalue weighted by Crippen LogP contribution is -2.39. The molecule has 26 heavy (non-hydrogen) atoms. The second-order valence-electron chi connectivity index (χ2n) is 6.86. The molecule has 1 fully saturated rings. The van der Waals surface area contributed by atoms with Crippen molar-refractivity contribution in [1.29, 1.82) is 0 Å². The zero-order chi connectivity index (χ0) is 18.4. The molecule has 3 rings (SSSR count). The number of carbonyl (C=O) groups is 1. The van der Waals surface area contributed by atoms with Crippen LogP contribution in [0.5, 0.6) is 5.75 Å². The van der Waals surface area contributed by atoms with Crippen LogP contribution in [0.15, 0.2) is 48.8 Å². The Kier molecular flexibility index (Phi) is 6.23. The van der Waals surface area contributed by atoms with E-state index in [4.69, 9.17) is 4.74 Å². The molecule has 1 aliphatic carbocycles. The molecule has 0 aliphatic heterocycles. The Labute approximate surface area is 155 Å². The average Bonchev–Trinajstić information content (AvgIpc) is 3.47. The van der Waals surface area contributed by atoms with Gasteiger partial charge in [-0.05, 0) is 56.1 Å². The number of aromatic nitrogens is 1. The number of rotatable bonds is 9. The van der Waals surface area contributed by atoms with Crippen LogP contribution >= 0.6 is 0 Å². The highest BCUT2D eigenvalue weighted by Gasteiger charge is 2.32. The van der Waals surface area contributed by atoms with E-state index in [1.807, 2.05) is 66.4 Å². The molecule has 138 valence electrons. The lowest BCUT2D eigenvalue weighted by atomic mass is 10.2. The van der Waals surface area contributed by atoms with Crippen LogP contribution in [0.1, 0.15) is 30.9 Å². The number of hydrogen-bond acceptors (Lipinski definition) is 4. The van der Waals surface area contributed by atoms with Crippen LogP contribution in [-0.2, 0) is 17.9 Å². The van der Waals surface area contributed by atoms with E-state index < -0.39 is 0 Å². The maximum atomic E-state index is 12.8. The Morgan fingerprint density at radius 2 is 1.92 bits per heavy atom. The van der Waals surface area contributed by atoms with Crippen molar-refractivity contribution in [3.63, 3.8) is 0 Å². The minimum absolute atomic E-state index is 0.188. The first kappa shape index (κ1) is 18.4. The van der Waals surface area contributed by atoms with E-state index in [0.29, 0.717) is 25.7 Å². The summed E-state index contributed by atoms with van der Waals surface area (Å²) < 4.78 is 5.49. The third-order valence-electron chi connectivity index (χ3n) is 4.48. The fourth-order valence-electron chi connectivity index (χ4n) is 3.04. The minimum Gasteiger partial charge on any atom is -0.494 e. The molecule has 1 heterocycles. The zero-order valence-corrected chi connectivity index (χ0v) is 15.6. The van der Waals surface area contributed by atoms with Gasteiger partial charge in [-0.25, -0.2) is 0 Å². The summed E-state index contributed by atoms with van der Waals surface area (Å²) in [6.07, 6.45) is 5.82. The fraction of sp³-hybridized carbons (Fsp3) is 0.429. The highest BCUT2D eigenvalue weighted by molar-refractivity contribution is 5.79. The number of nitrogens with zero attached hydrogens (tertiary/aromatic N) is 3. The van der Waals surface area contributed by atoms with Crippen molar-refractivity contribution < 1.29 is 9.53 Å². The van der Waals surface area contributed by atoms with Crippen molar-refractivity contribution >= 4 is 5.91 Å². The monoisotopic (exact) mass is 353 g/mol. The van der Waals surface area contributed by atoms with Gasteiger partial charge >= 0.3 is 0 Å². The zero-order valence-electron chi connectivity index (χ0n) is 15.6. The second kappa shape index (κ2) is 8.81. The van der Waals surface area contributed by atoms with E-state index in [1.54, 1.807) is 6.20 Å². The molecule has 1 aliphatic rings. The smallest absolute Gasteiger partial charge is 0.237 e. The van der Waals surface area contributed by atoms with Crippen molar-refractivity contribution in [3.05, 3.63) is 59.9 Å². The van der Waals surface area contributed by atoms with Gasteiger partial charge in [0.15, 0.2) is 0 Å². The van der Waals surface area contributed by atoms with Crippen LogP contribution < -0.4 is 4.74 Å². The molecule has 5 heteroatoms. The van der Waals surface area contributed by atoms with Gasteiger partial charge < -0.3 is 9.64 Å². The molecular weight excluding hydrogens is 326 g/mol. The SMILES string of the molecule is CCOc1ccc(CN(C(=O)CN(C)Cc2cccnc2)C2CC2)cc1. The maximum absolute atomic E-state index is 12.8. The van der Waals surface area contributed by atoms with Gasteiger partial charge in [0.1, 0.15) is 5.75 Å². The Hall–Kier alpha value is -2.40.